The van der Waals surface area contributed by atoms with Crippen LogP contribution < -0.4 is 5.32 Å². The minimum Gasteiger partial charge on any atom is -0.381 e. The van der Waals surface area contributed by atoms with E-state index in [1.807, 2.05) is 0 Å². The Bertz CT molecular complexity index is 659. The summed E-state index contributed by atoms with van der Waals surface area (Å²) in [5.74, 6) is 7.28. The van der Waals surface area contributed by atoms with Crippen LogP contribution in [0.25, 0.3) is 0 Å². The molecule has 5 fully saturated rings. The molecule has 0 bridgehead atoms. The summed E-state index contributed by atoms with van der Waals surface area (Å²) in [7, 11) is 2.21. The number of nitrogens with one attached hydrogen (secondary N) is 1. The Balaban J connectivity index is 0.000000303. The molecule has 5 nitrogen and oxygen atoms in total. The predicted octanol–water partition coefficient (Wildman–Crippen LogP) is 9.95. The maximum Gasteiger partial charge on any atom is 0.0497 e. The van der Waals surface area contributed by atoms with Gasteiger partial charge in [0.2, 0.25) is 0 Å². The van der Waals surface area contributed by atoms with Crippen molar-refractivity contribution in [1.29, 1.82) is 0 Å². The second-order valence-electron chi connectivity index (χ2n) is 17.9. The zero-order chi connectivity index (χ0) is 35.7. The number of likely N-dealkylation sites (tertiary alicyclic amines) is 1. The van der Waals surface area contributed by atoms with Gasteiger partial charge >= 0.3 is 0 Å². The zero-order valence-corrected chi connectivity index (χ0v) is 34.8. The van der Waals surface area contributed by atoms with E-state index in [1.54, 1.807) is 0 Å². The molecule has 0 spiro atoms. The van der Waals surface area contributed by atoms with E-state index in [4.69, 9.17) is 4.74 Å². The second-order valence-corrected chi connectivity index (χ2v) is 17.9. The van der Waals surface area contributed by atoms with Crippen molar-refractivity contribution in [3.05, 3.63) is 0 Å². The quantitative estimate of drug-likeness (QED) is 0.262. The summed E-state index contributed by atoms with van der Waals surface area (Å²) in [6.45, 7) is 37.9. The van der Waals surface area contributed by atoms with Gasteiger partial charge in [0.05, 0.1) is 0 Å². The number of ether oxygens (including phenoxy) is 1. The predicted molar refractivity (Wildman–Crippen MR) is 214 cm³/mol. The molecule has 5 aliphatic rings. The normalized spacial score (nSPS) is 23.4. The van der Waals surface area contributed by atoms with Gasteiger partial charge in [0, 0.05) is 39.4 Å². The van der Waals surface area contributed by atoms with Gasteiger partial charge in [0.15, 0.2) is 0 Å². The first-order valence-electron chi connectivity index (χ1n) is 21.3. The average Bonchev–Trinajstić information content (AvgIpc) is 3.82. The molecule has 1 N–H and O–H groups in total. The van der Waals surface area contributed by atoms with Crippen LogP contribution in [0.2, 0.25) is 0 Å². The first kappa shape index (κ1) is 45.8. The molecule has 0 aromatic carbocycles. The molecule has 5 rings (SSSR count). The fraction of sp³-hybridized carbons (Fsp3) is 1.00. The van der Waals surface area contributed by atoms with Crippen LogP contribution >= 0.6 is 0 Å². The Morgan fingerprint density at radius 1 is 0.521 bits per heavy atom. The lowest BCUT2D eigenvalue weighted by molar-refractivity contribution is 0.148. The highest BCUT2D eigenvalue weighted by Gasteiger charge is 2.19. The van der Waals surface area contributed by atoms with E-state index in [0.717, 1.165) is 60.6 Å². The van der Waals surface area contributed by atoms with Gasteiger partial charge in [-0.25, -0.2) is 0 Å². The Hall–Kier alpha value is -0.200. The molecule has 0 radical (unpaired) electrons. The maximum absolute atomic E-state index is 5.22. The molecular weight excluding hydrogens is 589 g/mol. The third-order valence-corrected chi connectivity index (χ3v) is 11.7. The highest BCUT2D eigenvalue weighted by atomic mass is 16.5. The molecule has 1 saturated carbocycles. The van der Waals surface area contributed by atoms with Gasteiger partial charge < -0.3 is 24.8 Å². The third-order valence-electron chi connectivity index (χ3n) is 11.7. The zero-order valence-electron chi connectivity index (χ0n) is 34.8. The smallest absolute Gasteiger partial charge is 0.0497 e. The third kappa shape index (κ3) is 24.1. The van der Waals surface area contributed by atoms with Gasteiger partial charge in [0.25, 0.3) is 0 Å². The largest absolute Gasteiger partial charge is 0.381 e. The lowest BCUT2D eigenvalue weighted by Gasteiger charge is -2.32. The SMILES string of the molecule is CC(C)C1CCCC1.CC(C)C1CCNCC1.CC(C)C1CCOC1.CC(C)CCN1CCCCC1.CC(C)CCN1CCN(C)CC1. The number of rotatable bonds is 9. The van der Waals surface area contributed by atoms with Crippen LogP contribution in [0.3, 0.4) is 0 Å². The van der Waals surface area contributed by atoms with E-state index in [1.165, 1.54) is 142 Å². The Kier molecular flexibility index (Phi) is 27.1. The lowest BCUT2D eigenvalue weighted by atomic mass is 9.87. The summed E-state index contributed by atoms with van der Waals surface area (Å²) >= 11 is 0. The molecule has 4 saturated heterocycles. The van der Waals surface area contributed by atoms with E-state index in [-0.39, 0.29) is 0 Å². The van der Waals surface area contributed by atoms with Crippen LogP contribution in [0.5, 0.6) is 0 Å². The minimum absolute atomic E-state index is 0.817. The molecule has 0 aromatic rings. The highest BCUT2D eigenvalue weighted by molar-refractivity contribution is 4.72. The molecule has 0 amide bonds. The van der Waals surface area contributed by atoms with Crippen LogP contribution in [0.1, 0.15) is 146 Å². The van der Waals surface area contributed by atoms with Crippen molar-refractivity contribution < 1.29 is 4.74 Å². The molecule has 4 aliphatic heterocycles. The summed E-state index contributed by atoms with van der Waals surface area (Å²) in [5.41, 5.74) is 0. The topological polar surface area (TPSA) is 31.0 Å². The van der Waals surface area contributed by atoms with Gasteiger partial charge in [-0.1, -0.05) is 101 Å². The number of hydrogen-bond acceptors (Lipinski definition) is 5. The van der Waals surface area contributed by atoms with Crippen molar-refractivity contribution in [1.82, 2.24) is 20.0 Å². The molecule has 48 heavy (non-hydrogen) atoms. The summed E-state index contributed by atoms with van der Waals surface area (Å²) < 4.78 is 5.22. The standard InChI is InChI=1S/C10H22N2.C10H21N.C8H17N.C8H16.C7H14O/c1-10(2)4-5-12-8-6-11(3)7-9-12;1-10(2)6-9-11-7-4-3-5-8-11;1-7(2)8-3-5-9-6-4-8;1-7(2)8-5-3-4-6-8;1-6(2)7-3-4-8-5-7/h10H,4-9H2,1-3H3;10H,3-9H2,1-2H3;7-9H,3-6H2,1-2H3;7-8H,3-6H2,1-2H3;6-7H,3-5H2,1-2H3. The van der Waals surface area contributed by atoms with E-state index < -0.39 is 0 Å². The minimum atomic E-state index is 0.817. The van der Waals surface area contributed by atoms with Crippen molar-refractivity contribution in [2.24, 2.45) is 47.3 Å². The van der Waals surface area contributed by atoms with E-state index >= 15 is 0 Å². The van der Waals surface area contributed by atoms with Crippen molar-refractivity contribution in [3.63, 3.8) is 0 Å². The summed E-state index contributed by atoms with van der Waals surface area (Å²) in [6.07, 6.45) is 17.1. The summed E-state index contributed by atoms with van der Waals surface area (Å²) in [6, 6.07) is 0. The Labute approximate surface area is 303 Å². The van der Waals surface area contributed by atoms with Crippen molar-refractivity contribution in [2.75, 3.05) is 85.7 Å². The van der Waals surface area contributed by atoms with Gasteiger partial charge in [-0.15, -0.1) is 0 Å². The summed E-state index contributed by atoms with van der Waals surface area (Å²) in [4.78, 5) is 7.61. The fourth-order valence-electron chi connectivity index (χ4n) is 7.35. The van der Waals surface area contributed by atoms with E-state index in [9.17, 15) is 0 Å². The molecule has 288 valence electrons. The first-order chi connectivity index (χ1) is 22.9. The molecule has 4 heterocycles. The van der Waals surface area contributed by atoms with Crippen molar-refractivity contribution in [2.45, 2.75) is 146 Å². The molecular formula is C43H90N4O. The Morgan fingerprint density at radius 3 is 1.33 bits per heavy atom. The molecule has 5 heteroatoms. The monoisotopic (exact) mass is 679 g/mol. The average molecular weight is 679 g/mol. The maximum atomic E-state index is 5.22. The van der Waals surface area contributed by atoms with Gasteiger partial charge in [0.1, 0.15) is 0 Å². The van der Waals surface area contributed by atoms with Crippen LogP contribution in [0.15, 0.2) is 0 Å². The number of nitrogens with zero attached hydrogens (tertiary/aromatic N) is 3. The van der Waals surface area contributed by atoms with E-state index in [2.05, 4.69) is 96.3 Å². The van der Waals surface area contributed by atoms with Crippen molar-refractivity contribution >= 4 is 0 Å². The number of piperidine rings is 2. The van der Waals surface area contributed by atoms with Gasteiger partial charge in [-0.2, -0.15) is 0 Å². The Morgan fingerprint density at radius 2 is 0.979 bits per heavy atom. The lowest BCUT2D eigenvalue weighted by Crippen LogP contribution is -2.44. The van der Waals surface area contributed by atoms with Crippen LogP contribution in [0, 0.1) is 47.3 Å². The van der Waals surface area contributed by atoms with Gasteiger partial charge in [-0.3, -0.25) is 0 Å². The van der Waals surface area contributed by atoms with E-state index in [0.29, 0.717) is 0 Å². The highest BCUT2D eigenvalue weighted by Crippen LogP contribution is 2.30. The molecule has 1 atom stereocenters. The first-order valence-corrected chi connectivity index (χ1v) is 21.3. The molecule has 1 aliphatic carbocycles. The van der Waals surface area contributed by atoms with Crippen LogP contribution in [-0.4, -0.2) is 100 Å². The fourth-order valence-corrected chi connectivity index (χ4v) is 7.35. The van der Waals surface area contributed by atoms with Crippen LogP contribution in [-0.2, 0) is 4.74 Å². The number of likely N-dealkylation sites (N-methyl/N-ethyl adjacent to an activating group) is 1. The second kappa shape index (κ2) is 28.4. The van der Waals surface area contributed by atoms with Crippen molar-refractivity contribution in [3.8, 4) is 0 Å². The van der Waals surface area contributed by atoms with Crippen LogP contribution in [0.4, 0.5) is 0 Å². The number of piperazine rings is 1. The molecule has 1 unspecified atom stereocenters. The summed E-state index contributed by atoms with van der Waals surface area (Å²) in [5, 5.41) is 3.37. The molecule has 0 aromatic heterocycles. The van der Waals surface area contributed by atoms with Gasteiger partial charge in [-0.05, 0) is 139 Å². The number of hydrogen-bond donors (Lipinski definition) is 1.